The molecule has 0 atom stereocenters. The molecule has 102 valence electrons. The maximum absolute atomic E-state index is 10.8. The molecule has 0 amide bonds. The van der Waals surface area contributed by atoms with Crippen molar-refractivity contribution >= 4 is 28.2 Å². The van der Waals surface area contributed by atoms with E-state index < -0.39 is 5.97 Å². The van der Waals surface area contributed by atoms with E-state index in [4.69, 9.17) is 9.84 Å². The molecule has 2 aromatic heterocycles. The van der Waals surface area contributed by atoms with Crippen LogP contribution in [-0.4, -0.2) is 27.7 Å². The van der Waals surface area contributed by atoms with Crippen LogP contribution in [0.4, 0.5) is 0 Å². The van der Waals surface area contributed by atoms with Crippen LogP contribution in [0.15, 0.2) is 35.8 Å². The van der Waals surface area contributed by atoms with Crippen molar-refractivity contribution in [2.24, 2.45) is 0 Å². The van der Waals surface area contributed by atoms with Crippen LogP contribution in [0.3, 0.4) is 0 Å². The molecule has 0 unspecified atom stereocenters. The average Bonchev–Trinajstić information content (AvgIpc) is 3.06. The van der Waals surface area contributed by atoms with Gasteiger partial charge in [0.05, 0.1) is 19.3 Å². The Hall–Kier alpha value is -2.34. The fraction of sp³-hybridized carbons (Fsp3) is 0.143. The van der Waals surface area contributed by atoms with Crippen molar-refractivity contribution in [2.75, 3.05) is 7.11 Å². The van der Waals surface area contributed by atoms with Gasteiger partial charge in [0.1, 0.15) is 5.75 Å². The maximum Gasteiger partial charge on any atom is 0.365 e. The second-order valence-corrected chi connectivity index (χ2v) is 5.18. The Kier molecular flexibility index (Phi) is 3.15. The minimum absolute atomic E-state index is 0.123. The monoisotopic (exact) mass is 288 g/mol. The lowest BCUT2D eigenvalue weighted by molar-refractivity contribution is 0.0696. The highest BCUT2D eigenvalue weighted by Crippen LogP contribution is 2.23. The van der Waals surface area contributed by atoms with Crippen molar-refractivity contribution in [1.82, 2.24) is 9.55 Å². The van der Waals surface area contributed by atoms with E-state index >= 15 is 0 Å². The summed E-state index contributed by atoms with van der Waals surface area (Å²) >= 11 is 1.15. The Labute approximate surface area is 119 Å². The Morgan fingerprint density at radius 1 is 1.45 bits per heavy atom. The number of benzene rings is 1. The van der Waals surface area contributed by atoms with E-state index in [1.807, 2.05) is 35.0 Å². The van der Waals surface area contributed by atoms with Crippen molar-refractivity contribution in [3.63, 3.8) is 0 Å². The third kappa shape index (κ3) is 2.25. The van der Waals surface area contributed by atoms with Gasteiger partial charge in [-0.2, -0.15) is 0 Å². The molecule has 0 aliphatic carbocycles. The molecular formula is C14H12N2O3S. The third-order valence-electron chi connectivity index (χ3n) is 3.05. The molecule has 0 aliphatic rings. The second kappa shape index (κ2) is 4.97. The van der Waals surface area contributed by atoms with Gasteiger partial charge in [-0.25, -0.2) is 9.78 Å². The first-order valence-electron chi connectivity index (χ1n) is 5.98. The van der Waals surface area contributed by atoms with Crippen LogP contribution in [0, 0.1) is 0 Å². The standard InChI is InChI=1S/C14H12N2O3S/c1-19-11-2-3-12-9(6-11)4-5-16(12)7-10-8-20-13(15-10)14(17)18/h2-6,8H,7H2,1H3,(H,17,18). The normalized spacial score (nSPS) is 10.8. The van der Waals surface area contributed by atoms with E-state index in [0.717, 1.165) is 33.7 Å². The molecule has 3 aromatic rings. The predicted molar refractivity (Wildman–Crippen MR) is 76.7 cm³/mol. The molecule has 0 saturated carbocycles. The summed E-state index contributed by atoms with van der Waals surface area (Å²) in [6.07, 6.45) is 1.96. The molecule has 0 fully saturated rings. The highest BCUT2D eigenvalue weighted by atomic mass is 32.1. The fourth-order valence-corrected chi connectivity index (χ4v) is 2.74. The van der Waals surface area contributed by atoms with Crippen LogP contribution < -0.4 is 4.74 Å². The summed E-state index contributed by atoms with van der Waals surface area (Å²) in [7, 11) is 1.64. The SMILES string of the molecule is COc1ccc2c(ccn2Cc2csc(C(=O)O)n2)c1. The van der Waals surface area contributed by atoms with Gasteiger partial charge in [0.25, 0.3) is 0 Å². The van der Waals surface area contributed by atoms with Crippen LogP contribution in [0.25, 0.3) is 10.9 Å². The maximum atomic E-state index is 10.8. The Bertz CT molecular complexity index is 776. The zero-order valence-corrected chi connectivity index (χ0v) is 11.6. The van der Waals surface area contributed by atoms with Gasteiger partial charge in [-0.3, -0.25) is 0 Å². The first-order chi connectivity index (χ1) is 9.67. The average molecular weight is 288 g/mol. The quantitative estimate of drug-likeness (QED) is 0.801. The smallest absolute Gasteiger partial charge is 0.365 e. The number of carboxylic acids is 1. The van der Waals surface area contributed by atoms with Crippen molar-refractivity contribution < 1.29 is 14.6 Å². The molecule has 5 nitrogen and oxygen atoms in total. The van der Waals surface area contributed by atoms with Gasteiger partial charge in [0.15, 0.2) is 0 Å². The topological polar surface area (TPSA) is 64.3 Å². The number of hydrogen-bond acceptors (Lipinski definition) is 4. The van der Waals surface area contributed by atoms with E-state index in [-0.39, 0.29) is 5.01 Å². The van der Waals surface area contributed by atoms with E-state index in [0.29, 0.717) is 6.54 Å². The van der Waals surface area contributed by atoms with Gasteiger partial charge in [-0.1, -0.05) is 0 Å². The lowest BCUT2D eigenvalue weighted by atomic mass is 10.2. The largest absolute Gasteiger partial charge is 0.497 e. The van der Waals surface area contributed by atoms with Crippen molar-refractivity contribution in [3.05, 3.63) is 46.5 Å². The second-order valence-electron chi connectivity index (χ2n) is 4.32. The van der Waals surface area contributed by atoms with Crippen LogP contribution in [-0.2, 0) is 6.54 Å². The van der Waals surface area contributed by atoms with E-state index in [1.54, 1.807) is 12.5 Å². The number of carbonyl (C=O) groups is 1. The zero-order valence-electron chi connectivity index (χ0n) is 10.7. The van der Waals surface area contributed by atoms with Gasteiger partial charge in [0, 0.05) is 22.5 Å². The molecule has 0 aliphatic heterocycles. The lowest BCUT2D eigenvalue weighted by Crippen LogP contribution is -2.00. The molecule has 0 bridgehead atoms. The van der Waals surface area contributed by atoms with Crippen molar-refractivity contribution in [3.8, 4) is 5.75 Å². The molecule has 6 heteroatoms. The molecule has 20 heavy (non-hydrogen) atoms. The molecule has 2 heterocycles. The Morgan fingerprint density at radius 3 is 3.00 bits per heavy atom. The van der Waals surface area contributed by atoms with E-state index in [2.05, 4.69) is 4.98 Å². The molecular weight excluding hydrogens is 276 g/mol. The molecule has 0 spiro atoms. The molecule has 1 aromatic carbocycles. The third-order valence-corrected chi connectivity index (χ3v) is 3.92. The van der Waals surface area contributed by atoms with Gasteiger partial charge in [0.2, 0.25) is 5.01 Å². The summed E-state index contributed by atoms with van der Waals surface area (Å²) in [6, 6.07) is 7.86. The van der Waals surface area contributed by atoms with Gasteiger partial charge >= 0.3 is 5.97 Å². The summed E-state index contributed by atoms with van der Waals surface area (Å²) < 4.78 is 7.23. The molecule has 1 N–H and O–H groups in total. The summed E-state index contributed by atoms with van der Waals surface area (Å²) in [4.78, 5) is 14.9. The number of aromatic carboxylic acids is 1. The number of rotatable bonds is 4. The minimum Gasteiger partial charge on any atom is -0.497 e. The Morgan fingerprint density at radius 2 is 2.30 bits per heavy atom. The number of carboxylic acid groups (broad SMARTS) is 1. The number of thiazole rings is 1. The molecule has 0 radical (unpaired) electrons. The number of fused-ring (bicyclic) bond motifs is 1. The van der Waals surface area contributed by atoms with E-state index in [1.165, 1.54) is 0 Å². The summed E-state index contributed by atoms with van der Waals surface area (Å²) in [5.41, 5.74) is 1.82. The van der Waals surface area contributed by atoms with Crippen LogP contribution in [0.5, 0.6) is 5.75 Å². The number of hydrogen-bond donors (Lipinski definition) is 1. The number of ether oxygens (including phenoxy) is 1. The highest BCUT2D eigenvalue weighted by molar-refractivity contribution is 7.11. The fourth-order valence-electron chi connectivity index (χ4n) is 2.10. The van der Waals surface area contributed by atoms with Crippen LogP contribution in [0.1, 0.15) is 15.5 Å². The van der Waals surface area contributed by atoms with Crippen LogP contribution >= 0.6 is 11.3 Å². The van der Waals surface area contributed by atoms with Gasteiger partial charge < -0.3 is 14.4 Å². The van der Waals surface area contributed by atoms with Crippen molar-refractivity contribution in [1.29, 1.82) is 0 Å². The first kappa shape index (κ1) is 12.7. The summed E-state index contributed by atoms with van der Waals surface area (Å²) in [5, 5.41) is 11.9. The van der Waals surface area contributed by atoms with Crippen molar-refractivity contribution in [2.45, 2.75) is 6.54 Å². The number of aromatic nitrogens is 2. The van der Waals surface area contributed by atoms with Gasteiger partial charge in [-0.05, 0) is 24.3 Å². The molecule has 0 saturated heterocycles. The summed E-state index contributed by atoms with van der Waals surface area (Å²) in [6.45, 7) is 0.555. The predicted octanol–water partition coefficient (Wildman–Crippen LogP) is 2.85. The number of methoxy groups -OCH3 is 1. The van der Waals surface area contributed by atoms with E-state index in [9.17, 15) is 4.79 Å². The lowest BCUT2D eigenvalue weighted by Gasteiger charge is -2.04. The van der Waals surface area contributed by atoms with Crippen LogP contribution in [0.2, 0.25) is 0 Å². The number of nitrogens with zero attached hydrogens (tertiary/aromatic N) is 2. The first-order valence-corrected chi connectivity index (χ1v) is 6.86. The minimum atomic E-state index is -0.983. The zero-order chi connectivity index (χ0) is 14.1. The highest BCUT2D eigenvalue weighted by Gasteiger charge is 2.10. The van der Waals surface area contributed by atoms with Gasteiger partial charge in [-0.15, -0.1) is 11.3 Å². The molecule has 3 rings (SSSR count). The Balaban J connectivity index is 1.92. The summed E-state index contributed by atoms with van der Waals surface area (Å²) in [5.74, 6) is -0.166.